The molecule has 1 fully saturated rings. The minimum atomic E-state index is -0.576. The Labute approximate surface area is 192 Å². The molecule has 8 heteroatoms. The number of urea groups is 1. The number of hydrogen-bond acceptors (Lipinski definition) is 5. The van der Waals surface area contributed by atoms with Gasteiger partial charge in [-0.3, -0.25) is 0 Å². The van der Waals surface area contributed by atoms with Crippen LogP contribution in [0.3, 0.4) is 0 Å². The topological polar surface area (TPSA) is 88.5 Å². The maximum atomic E-state index is 12.9. The molecule has 1 aromatic heterocycles. The summed E-state index contributed by atoms with van der Waals surface area (Å²) >= 11 is 0. The zero-order chi connectivity index (χ0) is 22.9. The van der Waals surface area contributed by atoms with Gasteiger partial charge in [-0.2, -0.15) is 9.78 Å². The van der Waals surface area contributed by atoms with Gasteiger partial charge in [-0.05, 0) is 60.9 Å². The first-order valence-electron chi connectivity index (χ1n) is 11.5. The van der Waals surface area contributed by atoms with Gasteiger partial charge in [-0.25, -0.2) is 9.59 Å². The second kappa shape index (κ2) is 8.77. The molecule has 1 unspecified atom stereocenters. The highest BCUT2D eigenvalue weighted by atomic mass is 16.5. The summed E-state index contributed by atoms with van der Waals surface area (Å²) in [6, 6.07) is 11.5. The Morgan fingerprint density at radius 2 is 1.88 bits per heavy atom. The Morgan fingerprint density at radius 1 is 1.09 bits per heavy atom. The van der Waals surface area contributed by atoms with E-state index in [4.69, 9.17) is 4.74 Å². The van der Waals surface area contributed by atoms with E-state index in [1.807, 2.05) is 0 Å². The summed E-state index contributed by atoms with van der Waals surface area (Å²) in [6.07, 6.45) is 5.28. The van der Waals surface area contributed by atoms with Crippen LogP contribution in [0.5, 0.6) is 0 Å². The van der Waals surface area contributed by atoms with E-state index in [1.54, 1.807) is 24.4 Å². The molecule has 1 atom stereocenters. The van der Waals surface area contributed by atoms with Gasteiger partial charge < -0.3 is 20.3 Å². The van der Waals surface area contributed by atoms with Crippen LogP contribution in [0.1, 0.15) is 43.4 Å². The van der Waals surface area contributed by atoms with Crippen LogP contribution in [0.2, 0.25) is 0 Å². The molecule has 0 bridgehead atoms. The van der Waals surface area contributed by atoms with Gasteiger partial charge in [-0.1, -0.05) is 25.1 Å². The zero-order valence-electron chi connectivity index (χ0n) is 19.0. The highest BCUT2D eigenvalue weighted by Crippen LogP contribution is 2.38. The number of benzene rings is 2. The van der Waals surface area contributed by atoms with Crippen molar-refractivity contribution in [3.63, 3.8) is 0 Å². The second-order valence-corrected chi connectivity index (χ2v) is 8.97. The molecule has 1 aliphatic carbocycles. The molecule has 2 amide bonds. The van der Waals surface area contributed by atoms with E-state index in [9.17, 15) is 9.59 Å². The molecular weight excluding hydrogens is 418 g/mol. The normalized spacial score (nSPS) is 18.2. The number of nitrogens with one attached hydrogen (secondary N) is 2. The summed E-state index contributed by atoms with van der Waals surface area (Å²) in [5, 5.41) is 10.8. The predicted molar refractivity (Wildman–Crippen MR) is 128 cm³/mol. The Bertz CT molecular complexity index is 1200. The molecule has 3 aromatic rings. The summed E-state index contributed by atoms with van der Waals surface area (Å²) in [4.78, 5) is 27.3. The van der Waals surface area contributed by atoms with E-state index in [1.165, 1.54) is 41.4 Å². The number of methoxy groups -OCH3 is 1. The van der Waals surface area contributed by atoms with Crippen LogP contribution in [0.15, 0.2) is 42.6 Å². The van der Waals surface area contributed by atoms with Gasteiger partial charge in [0.1, 0.15) is 0 Å². The number of fused-ring (bicyclic) bond motifs is 2. The zero-order valence-corrected chi connectivity index (χ0v) is 19.0. The maximum absolute atomic E-state index is 12.9. The number of rotatable bonds is 3. The highest BCUT2D eigenvalue weighted by molar-refractivity contribution is 6.02. The Hall–Kier alpha value is -3.55. The van der Waals surface area contributed by atoms with E-state index < -0.39 is 6.09 Å². The second-order valence-electron chi connectivity index (χ2n) is 8.97. The van der Waals surface area contributed by atoms with Crippen molar-refractivity contribution in [2.45, 2.75) is 38.6 Å². The average Bonchev–Trinajstić information content (AvgIpc) is 3.44. The third kappa shape index (κ3) is 4.01. The van der Waals surface area contributed by atoms with Crippen LogP contribution in [0.4, 0.5) is 21.0 Å². The monoisotopic (exact) mass is 447 g/mol. The molecule has 172 valence electrons. The first-order chi connectivity index (χ1) is 16.0. The SMILES string of the molecule is COC(=O)n1ncc2c(NC(=O)NC3CCc4c3cccc4N3CCC(C)CC3)cccc21. The lowest BCUT2D eigenvalue weighted by Gasteiger charge is -2.33. The van der Waals surface area contributed by atoms with Crippen molar-refractivity contribution in [3.05, 3.63) is 53.7 Å². The summed E-state index contributed by atoms with van der Waals surface area (Å²) in [5.41, 5.74) is 5.06. The largest absolute Gasteiger partial charge is 0.451 e. The average molecular weight is 448 g/mol. The van der Waals surface area contributed by atoms with Crippen molar-refractivity contribution in [2.75, 3.05) is 30.4 Å². The van der Waals surface area contributed by atoms with Gasteiger partial charge in [-0.15, -0.1) is 0 Å². The Kier molecular flexibility index (Phi) is 5.66. The Balaban J connectivity index is 1.31. The third-order valence-electron chi connectivity index (χ3n) is 6.88. The number of carbonyl (C=O) groups excluding carboxylic acids is 2. The molecule has 2 heterocycles. The number of ether oxygens (including phenoxy) is 1. The van der Waals surface area contributed by atoms with Crippen LogP contribution in [-0.4, -0.2) is 42.1 Å². The lowest BCUT2D eigenvalue weighted by atomic mass is 9.97. The Morgan fingerprint density at radius 3 is 2.67 bits per heavy atom. The molecule has 1 saturated heterocycles. The van der Waals surface area contributed by atoms with E-state index >= 15 is 0 Å². The molecule has 0 radical (unpaired) electrons. The van der Waals surface area contributed by atoms with Gasteiger partial charge in [0.2, 0.25) is 0 Å². The van der Waals surface area contributed by atoms with E-state index in [-0.39, 0.29) is 12.1 Å². The van der Waals surface area contributed by atoms with Gasteiger partial charge in [0.25, 0.3) is 0 Å². The number of nitrogens with zero attached hydrogens (tertiary/aromatic N) is 3. The number of carbonyl (C=O) groups is 2. The minimum absolute atomic E-state index is 0.0272. The quantitative estimate of drug-likeness (QED) is 0.608. The highest BCUT2D eigenvalue weighted by Gasteiger charge is 2.28. The number of aromatic nitrogens is 2. The molecule has 2 N–H and O–H groups in total. The number of amides is 2. The van der Waals surface area contributed by atoms with Crippen LogP contribution in [0, 0.1) is 5.92 Å². The van der Waals surface area contributed by atoms with Gasteiger partial charge in [0.05, 0.1) is 30.6 Å². The molecule has 0 saturated carbocycles. The van der Waals surface area contributed by atoms with Gasteiger partial charge >= 0.3 is 12.1 Å². The van der Waals surface area contributed by atoms with Crippen molar-refractivity contribution in [2.24, 2.45) is 5.92 Å². The molecular formula is C25H29N5O3. The third-order valence-corrected chi connectivity index (χ3v) is 6.88. The summed E-state index contributed by atoms with van der Waals surface area (Å²) in [7, 11) is 1.31. The van der Waals surface area contributed by atoms with Crippen LogP contribution >= 0.6 is 0 Å². The smallest absolute Gasteiger partial charge is 0.434 e. The standard InChI is InChI=1S/C25H29N5O3/c1-16-11-13-29(14-12-16)22-7-3-5-17-18(22)9-10-21(17)28-24(31)27-20-6-4-8-23-19(20)15-26-30(23)25(32)33-2/h3-8,15-16,21H,9-14H2,1-2H3,(H2,27,28,31). The number of hydrogen-bond donors (Lipinski definition) is 2. The molecule has 33 heavy (non-hydrogen) atoms. The fraction of sp³-hybridized carbons (Fsp3) is 0.400. The predicted octanol–water partition coefficient (Wildman–Crippen LogP) is 4.70. The first kappa shape index (κ1) is 21.3. The molecule has 2 aliphatic rings. The fourth-order valence-corrected chi connectivity index (χ4v) is 5.04. The maximum Gasteiger partial charge on any atom is 0.434 e. The molecule has 8 nitrogen and oxygen atoms in total. The van der Waals surface area contributed by atoms with Gasteiger partial charge in [0.15, 0.2) is 0 Å². The van der Waals surface area contributed by atoms with Crippen molar-refractivity contribution in [3.8, 4) is 0 Å². The van der Waals surface area contributed by atoms with E-state index in [0.29, 0.717) is 16.6 Å². The van der Waals surface area contributed by atoms with Crippen molar-refractivity contribution >= 4 is 34.4 Å². The van der Waals surface area contributed by atoms with Crippen LogP contribution in [-0.2, 0) is 11.2 Å². The van der Waals surface area contributed by atoms with Crippen LogP contribution < -0.4 is 15.5 Å². The summed E-state index contributed by atoms with van der Waals surface area (Å²) in [6.45, 7) is 4.52. The lowest BCUT2D eigenvalue weighted by Crippen LogP contribution is -2.33. The van der Waals surface area contributed by atoms with Crippen molar-refractivity contribution in [1.29, 1.82) is 0 Å². The fourth-order valence-electron chi connectivity index (χ4n) is 5.04. The van der Waals surface area contributed by atoms with Crippen molar-refractivity contribution in [1.82, 2.24) is 15.1 Å². The van der Waals surface area contributed by atoms with Gasteiger partial charge in [0, 0.05) is 24.2 Å². The van der Waals surface area contributed by atoms with Crippen molar-refractivity contribution < 1.29 is 14.3 Å². The first-order valence-corrected chi connectivity index (χ1v) is 11.5. The van der Waals surface area contributed by atoms with E-state index in [0.717, 1.165) is 31.8 Å². The molecule has 5 rings (SSSR count). The summed E-state index contributed by atoms with van der Waals surface area (Å²) < 4.78 is 5.94. The number of piperidine rings is 1. The molecule has 1 aliphatic heterocycles. The molecule has 0 spiro atoms. The molecule has 2 aromatic carbocycles. The summed E-state index contributed by atoms with van der Waals surface area (Å²) in [5.74, 6) is 0.792. The van der Waals surface area contributed by atoms with Crippen LogP contribution in [0.25, 0.3) is 10.9 Å². The number of anilines is 2. The van der Waals surface area contributed by atoms with E-state index in [2.05, 4.69) is 45.8 Å². The lowest BCUT2D eigenvalue weighted by molar-refractivity contribution is 0.170. The minimum Gasteiger partial charge on any atom is -0.451 e.